The van der Waals surface area contributed by atoms with Gasteiger partial charge in [0, 0.05) is 16.5 Å². The van der Waals surface area contributed by atoms with Crippen LogP contribution in [-0.4, -0.2) is 23.4 Å². The normalized spacial score (nSPS) is 12.6. The maximum Gasteiger partial charge on any atom is 0.161 e. The number of methoxy groups -OCH3 is 1. The maximum absolute atomic E-state index is 9.71. The van der Waals surface area contributed by atoms with Gasteiger partial charge in [0.2, 0.25) is 0 Å². The van der Waals surface area contributed by atoms with Crippen LogP contribution in [0.15, 0.2) is 16.6 Å². The lowest BCUT2D eigenvalue weighted by Gasteiger charge is -2.11. The average Bonchev–Trinajstić information content (AvgIpc) is 2.09. The van der Waals surface area contributed by atoms with Crippen molar-refractivity contribution in [1.29, 1.82) is 0 Å². The summed E-state index contributed by atoms with van der Waals surface area (Å²) in [6.45, 7) is 1.67. The molecule has 14 heavy (non-hydrogen) atoms. The molecule has 0 heterocycles. The van der Waals surface area contributed by atoms with Gasteiger partial charge in [0.1, 0.15) is 0 Å². The Bertz CT molecular complexity index is 323. The van der Waals surface area contributed by atoms with Gasteiger partial charge >= 0.3 is 0 Å². The largest absolute Gasteiger partial charge is 0.504 e. The molecule has 0 aliphatic carbocycles. The second-order valence-electron chi connectivity index (χ2n) is 3.17. The number of aromatic hydroxyl groups is 1. The third-order valence-electron chi connectivity index (χ3n) is 1.85. The number of aliphatic hydroxyl groups is 1. The van der Waals surface area contributed by atoms with Crippen LogP contribution in [0.3, 0.4) is 0 Å². The number of phenolic OH excluding ortho intramolecular Hbond substituents is 1. The van der Waals surface area contributed by atoms with Crippen LogP contribution in [0.4, 0.5) is 0 Å². The van der Waals surface area contributed by atoms with E-state index in [0.29, 0.717) is 17.7 Å². The third-order valence-corrected chi connectivity index (χ3v) is 2.31. The number of ether oxygens (including phenoxy) is 1. The average molecular weight is 261 g/mol. The minimum absolute atomic E-state index is 0.0941. The fourth-order valence-electron chi connectivity index (χ4n) is 1.26. The molecule has 0 fully saturated rings. The van der Waals surface area contributed by atoms with Crippen molar-refractivity contribution < 1.29 is 14.9 Å². The Morgan fingerprint density at radius 3 is 2.64 bits per heavy atom. The van der Waals surface area contributed by atoms with Gasteiger partial charge in [-0.1, -0.05) is 15.9 Å². The topological polar surface area (TPSA) is 49.7 Å². The first-order chi connectivity index (χ1) is 6.54. The first-order valence-electron chi connectivity index (χ1n) is 4.28. The monoisotopic (exact) mass is 260 g/mol. The van der Waals surface area contributed by atoms with Gasteiger partial charge in [-0.15, -0.1) is 0 Å². The number of benzene rings is 1. The molecule has 0 saturated heterocycles. The third kappa shape index (κ3) is 2.62. The van der Waals surface area contributed by atoms with E-state index in [1.807, 2.05) is 0 Å². The summed E-state index contributed by atoms with van der Waals surface area (Å²) in [4.78, 5) is 0. The summed E-state index contributed by atoms with van der Waals surface area (Å²) in [6.07, 6.45) is -0.0818. The van der Waals surface area contributed by atoms with Crippen LogP contribution in [0.2, 0.25) is 0 Å². The lowest BCUT2D eigenvalue weighted by Crippen LogP contribution is -2.04. The minimum atomic E-state index is -0.486. The van der Waals surface area contributed by atoms with Crippen molar-refractivity contribution in [2.45, 2.75) is 19.4 Å². The zero-order valence-electron chi connectivity index (χ0n) is 8.12. The Kier molecular flexibility index (Phi) is 3.77. The summed E-state index contributed by atoms with van der Waals surface area (Å²) in [5.74, 6) is 0.506. The summed E-state index contributed by atoms with van der Waals surface area (Å²) in [6, 6.07) is 3.45. The van der Waals surface area contributed by atoms with E-state index in [1.54, 1.807) is 19.1 Å². The van der Waals surface area contributed by atoms with Crippen molar-refractivity contribution in [3.05, 3.63) is 22.2 Å². The Balaban J connectivity index is 3.08. The predicted molar refractivity (Wildman–Crippen MR) is 57.7 cm³/mol. The van der Waals surface area contributed by atoms with E-state index < -0.39 is 6.10 Å². The molecule has 0 aliphatic heterocycles. The Morgan fingerprint density at radius 1 is 1.50 bits per heavy atom. The van der Waals surface area contributed by atoms with Gasteiger partial charge in [-0.2, -0.15) is 0 Å². The lowest BCUT2D eigenvalue weighted by atomic mass is 10.1. The van der Waals surface area contributed by atoms with E-state index in [4.69, 9.17) is 4.74 Å². The molecule has 0 bridgehead atoms. The van der Waals surface area contributed by atoms with Gasteiger partial charge in [0.25, 0.3) is 0 Å². The first kappa shape index (κ1) is 11.3. The first-order valence-corrected chi connectivity index (χ1v) is 5.07. The molecule has 0 unspecified atom stereocenters. The molecule has 0 aliphatic rings. The number of hydrogen-bond donors (Lipinski definition) is 2. The summed E-state index contributed by atoms with van der Waals surface area (Å²) in [7, 11) is 1.49. The SMILES string of the molecule is COc1cc(Br)cc(C[C@@H](C)O)c1O. The van der Waals surface area contributed by atoms with Crippen LogP contribution in [0.5, 0.6) is 11.5 Å². The molecule has 1 aromatic carbocycles. The summed E-state index contributed by atoms with van der Waals surface area (Å²) in [5.41, 5.74) is 0.672. The Labute approximate surface area is 91.5 Å². The Morgan fingerprint density at radius 2 is 2.14 bits per heavy atom. The van der Waals surface area contributed by atoms with Crippen molar-refractivity contribution in [1.82, 2.24) is 0 Å². The smallest absolute Gasteiger partial charge is 0.161 e. The molecule has 0 saturated carbocycles. The van der Waals surface area contributed by atoms with Gasteiger partial charge in [-0.05, 0) is 19.1 Å². The highest BCUT2D eigenvalue weighted by Gasteiger charge is 2.11. The molecule has 1 atom stereocenters. The van der Waals surface area contributed by atoms with E-state index in [-0.39, 0.29) is 5.75 Å². The zero-order chi connectivity index (χ0) is 10.7. The molecule has 78 valence electrons. The molecule has 2 N–H and O–H groups in total. The van der Waals surface area contributed by atoms with Crippen molar-refractivity contribution in [3.8, 4) is 11.5 Å². The fraction of sp³-hybridized carbons (Fsp3) is 0.400. The van der Waals surface area contributed by atoms with E-state index >= 15 is 0 Å². The van der Waals surface area contributed by atoms with Crippen molar-refractivity contribution >= 4 is 15.9 Å². The molecule has 0 amide bonds. The van der Waals surface area contributed by atoms with E-state index in [9.17, 15) is 10.2 Å². The van der Waals surface area contributed by atoms with Gasteiger partial charge in [-0.3, -0.25) is 0 Å². The molecule has 3 nitrogen and oxygen atoms in total. The highest BCUT2D eigenvalue weighted by Crippen LogP contribution is 2.34. The zero-order valence-corrected chi connectivity index (χ0v) is 9.71. The second-order valence-corrected chi connectivity index (χ2v) is 4.08. The summed E-state index contributed by atoms with van der Waals surface area (Å²) < 4.78 is 5.81. The molecule has 0 radical (unpaired) electrons. The molecule has 0 spiro atoms. The van der Waals surface area contributed by atoms with Crippen LogP contribution in [0.1, 0.15) is 12.5 Å². The molecule has 1 rings (SSSR count). The van der Waals surface area contributed by atoms with Crippen LogP contribution in [-0.2, 0) is 6.42 Å². The van der Waals surface area contributed by atoms with Gasteiger partial charge in [0.15, 0.2) is 11.5 Å². The highest BCUT2D eigenvalue weighted by molar-refractivity contribution is 9.10. The molecule has 4 heteroatoms. The van der Waals surface area contributed by atoms with E-state index in [1.165, 1.54) is 7.11 Å². The number of rotatable bonds is 3. The van der Waals surface area contributed by atoms with Gasteiger partial charge < -0.3 is 14.9 Å². The van der Waals surface area contributed by atoms with Crippen LogP contribution in [0.25, 0.3) is 0 Å². The predicted octanol–water partition coefficient (Wildman–Crippen LogP) is 2.09. The van der Waals surface area contributed by atoms with Crippen molar-refractivity contribution in [2.24, 2.45) is 0 Å². The quantitative estimate of drug-likeness (QED) is 0.875. The van der Waals surface area contributed by atoms with Gasteiger partial charge in [-0.25, -0.2) is 0 Å². The van der Waals surface area contributed by atoms with Gasteiger partial charge in [0.05, 0.1) is 13.2 Å². The maximum atomic E-state index is 9.71. The molecular formula is C10H13BrO3. The number of halogens is 1. The summed E-state index contributed by atoms with van der Waals surface area (Å²) >= 11 is 3.31. The standard InChI is InChI=1S/C10H13BrO3/c1-6(12)3-7-4-8(11)5-9(14-2)10(7)13/h4-6,12-13H,3H2,1-2H3/t6-/m1/s1. The molecule has 0 aromatic heterocycles. The summed E-state index contributed by atoms with van der Waals surface area (Å²) in [5, 5.41) is 18.9. The van der Waals surface area contributed by atoms with Crippen LogP contribution < -0.4 is 4.74 Å². The van der Waals surface area contributed by atoms with Crippen LogP contribution in [0, 0.1) is 0 Å². The lowest BCUT2D eigenvalue weighted by molar-refractivity contribution is 0.194. The molecular weight excluding hydrogens is 248 g/mol. The number of hydrogen-bond acceptors (Lipinski definition) is 3. The van der Waals surface area contributed by atoms with Crippen molar-refractivity contribution in [2.75, 3.05) is 7.11 Å². The number of aliphatic hydroxyl groups excluding tert-OH is 1. The van der Waals surface area contributed by atoms with E-state index in [2.05, 4.69) is 15.9 Å². The minimum Gasteiger partial charge on any atom is -0.504 e. The second kappa shape index (κ2) is 4.66. The highest BCUT2D eigenvalue weighted by atomic mass is 79.9. The van der Waals surface area contributed by atoms with E-state index in [0.717, 1.165) is 4.47 Å². The van der Waals surface area contributed by atoms with Crippen molar-refractivity contribution in [3.63, 3.8) is 0 Å². The fourth-order valence-corrected chi connectivity index (χ4v) is 1.74. The Hall–Kier alpha value is -0.740. The molecule has 1 aromatic rings. The van der Waals surface area contributed by atoms with Crippen LogP contribution >= 0.6 is 15.9 Å². The number of phenols is 1.